The van der Waals surface area contributed by atoms with Crippen LogP contribution in [-0.4, -0.2) is 0 Å². The number of hydrogen-bond donors (Lipinski definition) is 0. The van der Waals surface area contributed by atoms with Gasteiger partial charge in [-0.2, -0.15) is 0 Å². The Morgan fingerprint density at radius 3 is 1.28 bits per heavy atom. The predicted molar refractivity (Wildman–Crippen MR) is 113 cm³/mol. The summed E-state index contributed by atoms with van der Waals surface area (Å²) in [4.78, 5) is 2.68. The minimum Gasteiger partial charge on any atom is -0.0901 e. The van der Waals surface area contributed by atoms with Crippen molar-refractivity contribution < 1.29 is 0 Å². The van der Waals surface area contributed by atoms with Gasteiger partial charge in [-0.3, -0.25) is 0 Å². The third-order valence-electron chi connectivity index (χ3n) is 4.72. The Balaban J connectivity index is 1.77. The lowest BCUT2D eigenvalue weighted by molar-refractivity contribution is 0.666. The summed E-state index contributed by atoms with van der Waals surface area (Å²) in [6, 6.07) is 18.3. The molecule has 0 unspecified atom stereocenters. The molecule has 0 bridgehead atoms. The van der Waals surface area contributed by atoms with Crippen LogP contribution in [0.15, 0.2) is 58.3 Å². The minimum absolute atomic E-state index is 1.22. The fourth-order valence-electron chi connectivity index (χ4n) is 3.10. The molecule has 25 heavy (non-hydrogen) atoms. The van der Waals surface area contributed by atoms with Crippen LogP contribution in [0.1, 0.15) is 76.3 Å². The van der Waals surface area contributed by atoms with Crippen LogP contribution in [0.25, 0.3) is 0 Å². The van der Waals surface area contributed by atoms with Crippen molar-refractivity contribution in [3.05, 3.63) is 59.7 Å². The highest BCUT2D eigenvalue weighted by atomic mass is 32.2. The molecule has 0 N–H and O–H groups in total. The van der Waals surface area contributed by atoms with Crippen LogP contribution in [0, 0.1) is 0 Å². The lowest BCUT2D eigenvalue weighted by Crippen LogP contribution is -1.87. The zero-order valence-electron chi connectivity index (χ0n) is 16.1. The highest BCUT2D eigenvalue weighted by molar-refractivity contribution is 7.99. The largest absolute Gasteiger partial charge is 0.0901 e. The maximum Gasteiger partial charge on any atom is 0.0122 e. The fourth-order valence-corrected chi connectivity index (χ4v) is 3.91. The van der Waals surface area contributed by atoms with Gasteiger partial charge in [0.25, 0.3) is 0 Å². The monoisotopic (exact) mass is 354 g/mol. The minimum atomic E-state index is 1.22. The van der Waals surface area contributed by atoms with Crippen LogP contribution in [0.3, 0.4) is 0 Å². The van der Waals surface area contributed by atoms with E-state index in [1.54, 1.807) is 0 Å². The van der Waals surface area contributed by atoms with Crippen LogP contribution in [0.2, 0.25) is 0 Å². The first-order chi connectivity index (χ1) is 12.3. The molecule has 0 amide bonds. The Bertz CT molecular complexity index is 515. The molecular weight excluding hydrogens is 320 g/mol. The number of hydrogen-bond acceptors (Lipinski definition) is 1. The van der Waals surface area contributed by atoms with E-state index in [-0.39, 0.29) is 0 Å². The quantitative estimate of drug-likeness (QED) is 0.347. The average Bonchev–Trinajstić information content (AvgIpc) is 2.65. The summed E-state index contributed by atoms with van der Waals surface area (Å²) in [5.74, 6) is 0. The number of unbranched alkanes of at least 4 members (excludes halogenated alkanes) is 6. The summed E-state index contributed by atoms with van der Waals surface area (Å²) in [6.45, 7) is 4.54. The molecule has 0 aliphatic rings. The SMILES string of the molecule is CCCCCCc1ccc(Sc2ccc(CCCCCC)cc2)cc1. The molecule has 1 heteroatoms. The Kier molecular flexibility index (Phi) is 9.81. The summed E-state index contributed by atoms with van der Waals surface area (Å²) in [5, 5.41) is 0. The normalized spacial score (nSPS) is 11.0. The maximum atomic E-state index is 2.30. The van der Waals surface area contributed by atoms with E-state index in [2.05, 4.69) is 62.4 Å². The van der Waals surface area contributed by atoms with Gasteiger partial charge in [-0.25, -0.2) is 0 Å². The predicted octanol–water partition coefficient (Wildman–Crippen LogP) is 8.08. The molecule has 0 saturated carbocycles. The molecule has 2 aromatic carbocycles. The first kappa shape index (κ1) is 20.1. The summed E-state index contributed by atoms with van der Waals surface area (Å²) >= 11 is 1.87. The summed E-state index contributed by atoms with van der Waals surface area (Å²) in [7, 11) is 0. The Morgan fingerprint density at radius 2 is 0.920 bits per heavy atom. The zero-order chi connectivity index (χ0) is 17.7. The van der Waals surface area contributed by atoms with Crippen molar-refractivity contribution in [1.82, 2.24) is 0 Å². The molecule has 0 aromatic heterocycles. The van der Waals surface area contributed by atoms with Gasteiger partial charge in [-0.15, -0.1) is 0 Å². The highest BCUT2D eigenvalue weighted by Gasteiger charge is 2.00. The fraction of sp³-hybridized carbons (Fsp3) is 0.500. The highest BCUT2D eigenvalue weighted by Crippen LogP contribution is 2.28. The smallest absolute Gasteiger partial charge is 0.0122 e. The van der Waals surface area contributed by atoms with Gasteiger partial charge in [0.1, 0.15) is 0 Å². The van der Waals surface area contributed by atoms with Crippen LogP contribution in [0.4, 0.5) is 0 Å². The van der Waals surface area contributed by atoms with Crippen molar-refractivity contribution >= 4 is 11.8 Å². The van der Waals surface area contributed by atoms with Crippen molar-refractivity contribution in [3.63, 3.8) is 0 Å². The zero-order valence-corrected chi connectivity index (χ0v) is 16.9. The molecule has 136 valence electrons. The van der Waals surface area contributed by atoms with Gasteiger partial charge < -0.3 is 0 Å². The van der Waals surface area contributed by atoms with E-state index in [0.717, 1.165) is 0 Å². The van der Waals surface area contributed by atoms with Crippen molar-refractivity contribution in [2.24, 2.45) is 0 Å². The third kappa shape index (κ3) is 8.14. The number of rotatable bonds is 12. The second kappa shape index (κ2) is 12.2. The maximum absolute atomic E-state index is 2.30. The van der Waals surface area contributed by atoms with E-state index in [1.165, 1.54) is 85.1 Å². The molecule has 0 spiro atoms. The van der Waals surface area contributed by atoms with Crippen molar-refractivity contribution in [3.8, 4) is 0 Å². The average molecular weight is 355 g/mol. The van der Waals surface area contributed by atoms with Gasteiger partial charge in [0.05, 0.1) is 0 Å². The van der Waals surface area contributed by atoms with Crippen LogP contribution >= 0.6 is 11.8 Å². The second-order valence-electron chi connectivity index (χ2n) is 7.01. The second-order valence-corrected chi connectivity index (χ2v) is 8.16. The van der Waals surface area contributed by atoms with Crippen molar-refractivity contribution in [1.29, 1.82) is 0 Å². The Labute approximate surface area is 159 Å². The molecule has 0 aliphatic heterocycles. The summed E-state index contributed by atoms with van der Waals surface area (Å²) in [5.41, 5.74) is 2.95. The topological polar surface area (TPSA) is 0 Å². The van der Waals surface area contributed by atoms with Crippen LogP contribution in [0.5, 0.6) is 0 Å². The molecule has 0 nitrogen and oxygen atoms in total. The van der Waals surface area contributed by atoms with E-state index in [1.807, 2.05) is 11.8 Å². The van der Waals surface area contributed by atoms with E-state index >= 15 is 0 Å². The lowest BCUT2D eigenvalue weighted by Gasteiger charge is -2.06. The van der Waals surface area contributed by atoms with Gasteiger partial charge >= 0.3 is 0 Å². The van der Waals surface area contributed by atoms with Crippen molar-refractivity contribution in [2.75, 3.05) is 0 Å². The van der Waals surface area contributed by atoms with E-state index in [9.17, 15) is 0 Å². The summed E-state index contributed by atoms with van der Waals surface area (Å²) in [6.07, 6.45) is 13.1. The number of benzene rings is 2. The van der Waals surface area contributed by atoms with Crippen LogP contribution in [-0.2, 0) is 12.8 Å². The lowest BCUT2D eigenvalue weighted by atomic mass is 10.1. The molecular formula is C24H34S. The Morgan fingerprint density at radius 1 is 0.520 bits per heavy atom. The molecule has 0 atom stereocenters. The van der Waals surface area contributed by atoms with Crippen molar-refractivity contribution in [2.45, 2.75) is 87.8 Å². The first-order valence-electron chi connectivity index (χ1n) is 10.2. The molecule has 0 fully saturated rings. The van der Waals surface area contributed by atoms with Gasteiger partial charge in [0, 0.05) is 9.79 Å². The molecule has 0 heterocycles. The van der Waals surface area contributed by atoms with Gasteiger partial charge in [0.15, 0.2) is 0 Å². The van der Waals surface area contributed by atoms with Gasteiger partial charge in [-0.05, 0) is 61.1 Å². The Hall–Kier alpha value is -1.21. The van der Waals surface area contributed by atoms with E-state index in [0.29, 0.717) is 0 Å². The van der Waals surface area contributed by atoms with E-state index in [4.69, 9.17) is 0 Å². The molecule has 0 aliphatic carbocycles. The molecule has 0 saturated heterocycles. The standard InChI is InChI=1S/C24H34S/c1-3-5-7-9-11-21-13-17-23(18-14-21)25-24-19-15-22(16-20-24)12-10-8-6-4-2/h13-20H,3-12H2,1-2H3. The first-order valence-corrected chi connectivity index (χ1v) is 11.0. The van der Waals surface area contributed by atoms with Crippen LogP contribution < -0.4 is 0 Å². The summed E-state index contributed by atoms with van der Waals surface area (Å²) < 4.78 is 0. The third-order valence-corrected chi connectivity index (χ3v) is 5.74. The molecule has 2 aromatic rings. The molecule has 2 rings (SSSR count). The molecule has 0 radical (unpaired) electrons. The van der Waals surface area contributed by atoms with Gasteiger partial charge in [-0.1, -0.05) is 88.4 Å². The number of aryl methyl sites for hydroxylation is 2. The van der Waals surface area contributed by atoms with E-state index < -0.39 is 0 Å². The van der Waals surface area contributed by atoms with Gasteiger partial charge in [0.2, 0.25) is 0 Å².